The highest BCUT2D eigenvalue weighted by Crippen LogP contribution is 2.38. The molecule has 0 aliphatic heterocycles. The maximum absolute atomic E-state index is 12.3. The van der Waals surface area contributed by atoms with Crippen molar-refractivity contribution < 1.29 is 19.1 Å². The van der Waals surface area contributed by atoms with Gasteiger partial charge in [0.25, 0.3) is 0 Å². The van der Waals surface area contributed by atoms with Crippen LogP contribution in [-0.4, -0.2) is 35.4 Å². The van der Waals surface area contributed by atoms with Crippen molar-refractivity contribution in [3.05, 3.63) is 59.2 Å². The Labute approximate surface area is 193 Å². The molecular formula is C24H29N3O4S. The molecule has 0 spiro atoms. The van der Waals surface area contributed by atoms with E-state index >= 15 is 0 Å². The normalized spacial score (nSPS) is 12.9. The molecule has 2 aromatic rings. The molecule has 1 unspecified atom stereocenters. The number of amides is 1. The number of hydrogen-bond acceptors (Lipinski definition) is 6. The SMILES string of the molecule is CC(C)(C)OC(=O)NC(=S)NCCC(N)C(=O)OCc1cccc2c1Cc1ccccc1-2. The van der Waals surface area contributed by atoms with Crippen LogP contribution in [0.1, 0.15) is 43.9 Å². The Morgan fingerprint density at radius 2 is 1.84 bits per heavy atom. The molecule has 0 saturated carbocycles. The van der Waals surface area contributed by atoms with Crippen molar-refractivity contribution in [2.45, 2.75) is 51.9 Å². The van der Waals surface area contributed by atoms with Gasteiger partial charge in [-0.05, 0) is 73.6 Å². The first-order valence-electron chi connectivity index (χ1n) is 10.5. The summed E-state index contributed by atoms with van der Waals surface area (Å²) in [6.07, 6.45) is 0.487. The summed E-state index contributed by atoms with van der Waals surface area (Å²) in [5.41, 5.74) is 11.2. The van der Waals surface area contributed by atoms with Gasteiger partial charge >= 0.3 is 12.1 Å². The van der Waals surface area contributed by atoms with Gasteiger partial charge in [-0.15, -0.1) is 0 Å². The number of alkyl carbamates (subject to hydrolysis) is 1. The van der Waals surface area contributed by atoms with Gasteiger partial charge in [-0.3, -0.25) is 10.1 Å². The lowest BCUT2D eigenvalue weighted by molar-refractivity contribution is -0.146. The van der Waals surface area contributed by atoms with Crippen LogP contribution in [0.3, 0.4) is 0 Å². The van der Waals surface area contributed by atoms with E-state index in [4.69, 9.17) is 27.4 Å². The van der Waals surface area contributed by atoms with Crippen LogP contribution in [0.4, 0.5) is 4.79 Å². The minimum Gasteiger partial charge on any atom is -0.460 e. The van der Waals surface area contributed by atoms with Crippen LogP contribution >= 0.6 is 12.2 Å². The molecule has 0 aromatic heterocycles. The number of thiocarbonyl (C=S) groups is 1. The van der Waals surface area contributed by atoms with Crippen LogP contribution in [0.5, 0.6) is 0 Å². The van der Waals surface area contributed by atoms with Crippen LogP contribution in [-0.2, 0) is 27.3 Å². The van der Waals surface area contributed by atoms with E-state index in [1.165, 1.54) is 22.3 Å². The Morgan fingerprint density at radius 1 is 1.12 bits per heavy atom. The van der Waals surface area contributed by atoms with Gasteiger partial charge in [-0.1, -0.05) is 42.5 Å². The molecule has 3 rings (SSSR count). The van der Waals surface area contributed by atoms with Crippen LogP contribution in [0, 0.1) is 0 Å². The summed E-state index contributed by atoms with van der Waals surface area (Å²) in [6, 6.07) is 13.5. The number of nitrogens with two attached hydrogens (primary N) is 1. The molecule has 170 valence electrons. The molecule has 1 aliphatic rings. The second-order valence-electron chi connectivity index (χ2n) is 8.66. The molecule has 0 bridgehead atoms. The van der Waals surface area contributed by atoms with E-state index in [1.807, 2.05) is 24.3 Å². The first-order chi connectivity index (χ1) is 15.1. The lowest BCUT2D eigenvalue weighted by Gasteiger charge is -2.20. The minimum absolute atomic E-state index is 0.110. The molecule has 0 fully saturated rings. The van der Waals surface area contributed by atoms with E-state index in [-0.39, 0.29) is 11.7 Å². The van der Waals surface area contributed by atoms with Gasteiger partial charge in [-0.25, -0.2) is 4.79 Å². The number of fused-ring (bicyclic) bond motifs is 3. The fourth-order valence-electron chi connectivity index (χ4n) is 3.51. The highest BCUT2D eigenvalue weighted by atomic mass is 32.1. The van der Waals surface area contributed by atoms with E-state index < -0.39 is 23.7 Å². The van der Waals surface area contributed by atoms with Crippen LogP contribution in [0.2, 0.25) is 0 Å². The Hall–Kier alpha value is -2.97. The molecule has 1 atom stereocenters. The largest absolute Gasteiger partial charge is 0.460 e. The van der Waals surface area contributed by atoms with Crippen molar-refractivity contribution in [1.82, 2.24) is 10.6 Å². The molecule has 8 heteroatoms. The number of nitrogens with one attached hydrogen (secondary N) is 2. The zero-order chi connectivity index (χ0) is 23.3. The topological polar surface area (TPSA) is 103 Å². The van der Waals surface area contributed by atoms with Crippen molar-refractivity contribution >= 4 is 29.4 Å². The third kappa shape index (κ3) is 6.27. The second kappa shape index (κ2) is 10.1. The van der Waals surface area contributed by atoms with Crippen molar-refractivity contribution in [3.63, 3.8) is 0 Å². The first-order valence-corrected chi connectivity index (χ1v) is 10.9. The second-order valence-corrected chi connectivity index (χ2v) is 9.07. The smallest absolute Gasteiger partial charge is 0.413 e. The van der Waals surface area contributed by atoms with Crippen LogP contribution in [0.15, 0.2) is 42.5 Å². The summed E-state index contributed by atoms with van der Waals surface area (Å²) >= 11 is 5.05. The molecule has 2 aromatic carbocycles. The highest BCUT2D eigenvalue weighted by Gasteiger charge is 2.22. The van der Waals surface area contributed by atoms with Gasteiger partial charge in [0.05, 0.1) is 0 Å². The van der Waals surface area contributed by atoms with Gasteiger partial charge in [0.15, 0.2) is 5.11 Å². The number of esters is 1. The fourth-order valence-corrected chi connectivity index (χ4v) is 3.70. The number of rotatable bonds is 6. The monoisotopic (exact) mass is 455 g/mol. The molecule has 0 heterocycles. The maximum Gasteiger partial charge on any atom is 0.413 e. The highest BCUT2D eigenvalue weighted by molar-refractivity contribution is 7.80. The van der Waals surface area contributed by atoms with Gasteiger partial charge in [0.1, 0.15) is 18.2 Å². The third-order valence-electron chi connectivity index (χ3n) is 4.98. The molecule has 7 nitrogen and oxygen atoms in total. The minimum atomic E-state index is -0.805. The van der Waals surface area contributed by atoms with Gasteiger partial charge in [0.2, 0.25) is 0 Å². The van der Waals surface area contributed by atoms with Gasteiger partial charge in [-0.2, -0.15) is 0 Å². The fraction of sp³-hybridized carbons (Fsp3) is 0.375. The molecule has 32 heavy (non-hydrogen) atoms. The lowest BCUT2D eigenvalue weighted by atomic mass is 10.0. The quantitative estimate of drug-likeness (QED) is 0.387. The Kier molecular flexibility index (Phi) is 7.48. The van der Waals surface area contributed by atoms with E-state index in [2.05, 4.69) is 28.8 Å². The number of benzene rings is 2. The maximum atomic E-state index is 12.3. The zero-order valence-corrected chi connectivity index (χ0v) is 19.4. The number of carbonyl (C=O) groups is 2. The molecule has 1 aliphatic carbocycles. The number of hydrogen-bond donors (Lipinski definition) is 3. The van der Waals surface area contributed by atoms with E-state index in [1.54, 1.807) is 20.8 Å². The van der Waals surface area contributed by atoms with Crippen LogP contribution in [0.25, 0.3) is 11.1 Å². The standard InChI is InChI=1S/C24H29N3O4S/c1-24(2,3)31-23(29)27-22(32)26-12-11-20(25)21(28)30-14-16-8-6-10-18-17-9-5-4-7-15(17)13-19(16)18/h4-10,20H,11-14,25H2,1-3H3,(H2,26,27,29,32). The molecule has 0 saturated heterocycles. The predicted octanol–water partition coefficient (Wildman–Crippen LogP) is 3.42. The number of carbonyl (C=O) groups excluding carboxylic acids is 2. The third-order valence-corrected chi connectivity index (χ3v) is 5.22. The van der Waals surface area contributed by atoms with Crippen LogP contribution < -0.4 is 16.4 Å². The van der Waals surface area contributed by atoms with Crippen molar-refractivity contribution in [2.75, 3.05) is 6.54 Å². The Balaban J connectivity index is 1.43. The van der Waals surface area contributed by atoms with Gasteiger partial charge < -0.3 is 20.5 Å². The average molecular weight is 456 g/mol. The lowest BCUT2D eigenvalue weighted by Crippen LogP contribution is -2.44. The van der Waals surface area contributed by atoms with E-state index in [0.717, 1.165) is 12.0 Å². The summed E-state index contributed by atoms with van der Waals surface area (Å²) in [7, 11) is 0. The predicted molar refractivity (Wildman–Crippen MR) is 127 cm³/mol. The van der Waals surface area contributed by atoms with Crippen molar-refractivity contribution in [2.24, 2.45) is 5.73 Å². The molecule has 1 amide bonds. The summed E-state index contributed by atoms with van der Waals surface area (Å²) in [5, 5.41) is 5.36. The van der Waals surface area contributed by atoms with Crippen molar-refractivity contribution in [1.29, 1.82) is 0 Å². The molecular weight excluding hydrogens is 426 g/mol. The summed E-state index contributed by atoms with van der Waals surface area (Å²) in [5.74, 6) is -0.481. The summed E-state index contributed by atoms with van der Waals surface area (Å²) < 4.78 is 10.6. The first kappa shape index (κ1) is 23.7. The van der Waals surface area contributed by atoms with E-state index in [0.29, 0.717) is 13.0 Å². The van der Waals surface area contributed by atoms with Crippen molar-refractivity contribution in [3.8, 4) is 11.1 Å². The summed E-state index contributed by atoms with van der Waals surface area (Å²) in [6.45, 7) is 5.76. The van der Waals surface area contributed by atoms with Gasteiger partial charge in [0, 0.05) is 6.54 Å². The number of ether oxygens (including phenoxy) is 2. The molecule has 4 N–H and O–H groups in total. The average Bonchev–Trinajstić information content (AvgIpc) is 3.09. The van der Waals surface area contributed by atoms with E-state index in [9.17, 15) is 9.59 Å². The Bertz CT molecular complexity index is 1020. The molecule has 0 radical (unpaired) electrons. The zero-order valence-electron chi connectivity index (χ0n) is 18.6. The summed E-state index contributed by atoms with van der Waals surface area (Å²) in [4.78, 5) is 24.0. The Morgan fingerprint density at radius 3 is 2.59 bits per heavy atom.